The Balaban J connectivity index is 1.78. The smallest absolute Gasteiger partial charge is 0.248 e. The summed E-state index contributed by atoms with van der Waals surface area (Å²) < 4.78 is 32.4. The van der Waals surface area contributed by atoms with Crippen LogP contribution >= 0.6 is 0 Å². The summed E-state index contributed by atoms with van der Waals surface area (Å²) in [6, 6.07) is 0.135. The van der Waals surface area contributed by atoms with Gasteiger partial charge in [0.05, 0.1) is 5.92 Å². The number of nitrogens with zero attached hydrogens (tertiary/aromatic N) is 3. The number of piperidine rings is 1. The number of sulfonamides is 1. The Labute approximate surface area is 148 Å². The number of carbonyl (C=O) groups is 1. The van der Waals surface area contributed by atoms with Gasteiger partial charge in [-0.3, -0.25) is 4.79 Å². The molecule has 140 valence electrons. The summed E-state index contributed by atoms with van der Waals surface area (Å²) >= 11 is 0. The number of hydrogen-bond donors (Lipinski definition) is 1. The average molecular weight is 370 g/mol. The van der Waals surface area contributed by atoms with E-state index < -0.39 is 10.0 Å². The van der Waals surface area contributed by atoms with E-state index in [0.717, 1.165) is 19.5 Å². The lowest BCUT2D eigenvalue weighted by molar-refractivity contribution is -0.139. The number of nitrogens with one attached hydrogen (secondary N) is 1. The van der Waals surface area contributed by atoms with Gasteiger partial charge in [0.1, 0.15) is 10.6 Å². The van der Waals surface area contributed by atoms with Crippen molar-refractivity contribution >= 4 is 15.9 Å². The minimum Gasteiger partial charge on any atom is -0.360 e. The number of hydrogen-bond acceptors (Lipinski definition) is 6. The summed E-state index contributed by atoms with van der Waals surface area (Å²) in [5.41, 5.74) is 0.363. The molecule has 1 unspecified atom stereocenters. The summed E-state index contributed by atoms with van der Waals surface area (Å²) in [6.45, 7) is 8.12. The van der Waals surface area contributed by atoms with Crippen LogP contribution in [0.1, 0.15) is 31.2 Å². The quantitative estimate of drug-likeness (QED) is 0.833. The zero-order valence-electron chi connectivity index (χ0n) is 15.0. The molecule has 1 aromatic rings. The lowest BCUT2D eigenvalue weighted by atomic mass is 9.97. The van der Waals surface area contributed by atoms with Crippen molar-refractivity contribution in [2.75, 3.05) is 32.7 Å². The van der Waals surface area contributed by atoms with E-state index in [-0.39, 0.29) is 29.3 Å². The Morgan fingerprint density at radius 1 is 1.32 bits per heavy atom. The van der Waals surface area contributed by atoms with Crippen LogP contribution in [-0.4, -0.2) is 67.5 Å². The molecule has 0 aliphatic carbocycles. The predicted molar refractivity (Wildman–Crippen MR) is 91.5 cm³/mol. The Kier molecular flexibility index (Phi) is 5.17. The van der Waals surface area contributed by atoms with Gasteiger partial charge in [-0.05, 0) is 33.6 Å². The van der Waals surface area contributed by atoms with Crippen molar-refractivity contribution in [2.24, 2.45) is 5.92 Å². The van der Waals surface area contributed by atoms with Crippen LogP contribution in [0.25, 0.3) is 0 Å². The van der Waals surface area contributed by atoms with Gasteiger partial charge in [-0.1, -0.05) is 5.16 Å². The standard InChI is InChI=1S/C16H26N4O4S/c1-11-9-17-6-8-20(11)16(21)14-5-4-7-19(10-14)25(22,23)15-12(2)18-24-13(15)3/h11,14,17H,4-10H2,1-3H3/t11-,14?/m0/s1. The molecule has 25 heavy (non-hydrogen) atoms. The van der Waals surface area contributed by atoms with Crippen molar-refractivity contribution in [3.63, 3.8) is 0 Å². The molecular formula is C16H26N4O4S. The fourth-order valence-corrected chi connectivity index (χ4v) is 5.55. The van der Waals surface area contributed by atoms with E-state index in [1.165, 1.54) is 4.31 Å². The van der Waals surface area contributed by atoms with Crippen LogP contribution in [0.4, 0.5) is 0 Å². The van der Waals surface area contributed by atoms with Crippen LogP contribution in [0, 0.1) is 19.8 Å². The van der Waals surface area contributed by atoms with Gasteiger partial charge in [0.15, 0.2) is 5.76 Å². The molecule has 0 spiro atoms. The summed E-state index contributed by atoms with van der Waals surface area (Å²) in [5.74, 6) is 0.0684. The second-order valence-corrected chi connectivity index (χ2v) is 8.82. The maximum Gasteiger partial charge on any atom is 0.248 e. The van der Waals surface area contributed by atoms with Gasteiger partial charge in [-0.25, -0.2) is 8.42 Å². The maximum atomic E-state index is 13.0. The molecule has 1 aromatic heterocycles. The van der Waals surface area contributed by atoms with Gasteiger partial charge >= 0.3 is 0 Å². The minimum atomic E-state index is -3.70. The highest BCUT2D eigenvalue weighted by Gasteiger charge is 2.38. The van der Waals surface area contributed by atoms with Crippen LogP contribution in [0.2, 0.25) is 0 Å². The first-order valence-electron chi connectivity index (χ1n) is 8.76. The molecule has 0 bridgehead atoms. The molecule has 2 fully saturated rings. The van der Waals surface area contributed by atoms with Gasteiger partial charge in [0, 0.05) is 38.8 Å². The largest absolute Gasteiger partial charge is 0.360 e. The topological polar surface area (TPSA) is 95.8 Å². The molecule has 8 nitrogen and oxygen atoms in total. The van der Waals surface area contributed by atoms with Gasteiger partial charge in [0.2, 0.25) is 15.9 Å². The fourth-order valence-electron chi connectivity index (χ4n) is 3.74. The van der Waals surface area contributed by atoms with Crippen LogP contribution in [-0.2, 0) is 14.8 Å². The third-order valence-electron chi connectivity index (χ3n) is 5.08. The normalized spacial score (nSPS) is 26.0. The molecule has 3 rings (SSSR count). The molecule has 2 aliphatic rings. The van der Waals surface area contributed by atoms with Crippen molar-refractivity contribution in [2.45, 2.75) is 44.6 Å². The number of amides is 1. The number of rotatable bonds is 3. The molecular weight excluding hydrogens is 344 g/mol. The molecule has 2 atom stereocenters. The monoisotopic (exact) mass is 370 g/mol. The molecule has 1 N–H and O–H groups in total. The Morgan fingerprint density at radius 3 is 2.72 bits per heavy atom. The van der Waals surface area contributed by atoms with Crippen molar-refractivity contribution in [3.8, 4) is 0 Å². The van der Waals surface area contributed by atoms with Crippen molar-refractivity contribution < 1.29 is 17.7 Å². The fraction of sp³-hybridized carbons (Fsp3) is 0.750. The van der Waals surface area contributed by atoms with Gasteiger partial charge in [-0.15, -0.1) is 0 Å². The SMILES string of the molecule is Cc1noc(C)c1S(=O)(=O)N1CCCC(C(=O)N2CCNC[C@@H]2C)C1. The first kappa shape index (κ1) is 18.3. The second-order valence-electron chi connectivity index (χ2n) is 6.94. The molecule has 2 aliphatic heterocycles. The number of aryl methyl sites for hydroxylation is 2. The van der Waals surface area contributed by atoms with E-state index in [9.17, 15) is 13.2 Å². The van der Waals surface area contributed by atoms with Crippen molar-refractivity contribution in [3.05, 3.63) is 11.5 Å². The van der Waals surface area contributed by atoms with Gasteiger partial charge < -0.3 is 14.7 Å². The second kappa shape index (κ2) is 7.05. The Morgan fingerprint density at radius 2 is 2.08 bits per heavy atom. The number of piperazine rings is 1. The molecule has 1 amide bonds. The third kappa shape index (κ3) is 3.45. The number of carbonyl (C=O) groups excluding carboxylic acids is 1. The minimum absolute atomic E-state index is 0.0627. The lowest BCUT2D eigenvalue weighted by Crippen LogP contribution is -2.55. The lowest BCUT2D eigenvalue weighted by Gasteiger charge is -2.39. The van der Waals surface area contributed by atoms with E-state index >= 15 is 0 Å². The van der Waals surface area contributed by atoms with E-state index in [1.54, 1.807) is 13.8 Å². The Hall–Kier alpha value is -1.45. The van der Waals surface area contributed by atoms with Crippen molar-refractivity contribution in [1.82, 2.24) is 19.7 Å². The van der Waals surface area contributed by atoms with Crippen LogP contribution in [0.15, 0.2) is 9.42 Å². The highest BCUT2D eigenvalue weighted by Crippen LogP contribution is 2.28. The van der Waals surface area contributed by atoms with E-state index in [4.69, 9.17) is 4.52 Å². The highest BCUT2D eigenvalue weighted by atomic mass is 32.2. The number of aromatic nitrogens is 1. The van der Waals surface area contributed by atoms with Crippen molar-refractivity contribution in [1.29, 1.82) is 0 Å². The molecule has 3 heterocycles. The van der Waals surface area contributed by atoms with Crippen LogP contribution in [0.3, 0.4) is 0 Å². The average Bonchev–Trinajstić information content (AvgIpc) is 2.94. The molecule has 0 radical (unpaired) electrons. The van der Waals surface area contributed by atoms with E-state index in [1.807, 2.05) is 11.8 Å². The first-order valence-corrected chi connectivity index (χ1v) is 10.2. The maximum absolute atomic E-state index is 13.0. The molecule has 0 saturated carbocycles. The zero-order valence-corrected chi connectivity index (χ0v) is 15.8. The zero-order chi connectivity index (χ0) is 18.2. The summed E-state index contributed by atoms with van der Waals surface area (Å²) in [7, 11) is -3.70. The third-order valence-corrected chi connectivity index (χ3v) is 7.19. The summed E-state index contributed by atoms with van der Waals surface area (Å²) in [5, 5.41) is 7.02. The molecule has 0 aromatic carbocycles. The van der Waals surface area contributed by atoms with E-state index in [2.05, 4.69) is 10.5 Å². The summed E-state index contributed by atoms with van der Waals surface area (Å²) in [4.78, 5) is 14.9. The first-order chi connectivity index (χ1) is 11.8. The predicted octanol–water partition coefficient (Wildman–Crippen LogP) is 0.512. The Bertz CT molecular complexity index is 726. The molecule has 2 saturated heterocycles. The van der Waals surface area contributed by atoms with E-state index in [0.29, 0.717) is 31.0 Å². The molecule has 9 heteroatoms. The van der Waals surface area contributed by atoms with Gasteiger partial charge in [-0.2, -0.15) is 4.31 Å². The van der Waals surface area contributed by atoms with Gasteiger partial charge in [0.25, 0.3) is 0 Å². The summed E-state index contributed by atoms with van der Waals surface area (Å²) in [6.07, 6.45) is 1.41. The van der Waals surface area contributed by atoms with Crippen LogP contribution < -0.4 is 5.32 Å². The highest BCUT2D eigenvalue weighted by molar-refractivity contribution is 7.89. The van der Waals surface area contributed by atoms with Crippen LogP contribution in [0.5, 0.6) is 0 Å².